The van der Waals surface area contributed by atoms with Crippen molar-refractivity contribution < 1.29 is 30.3 Å². The van der Waals surface area contributed by atoms with E-state index in [2.05, 4.69) is 126 Å². The van der Waals surface area contributed by atoms with Crippen molar-refractivity contribution in [3.63, 3.8) is 0 Å². The summed E-state index contributed by atoms with van der Waals surface area (Å²) in [6.07, 6.45) is 1.98. The van der Waals surface area contributed by atoms with Gasteiger partial charge in [-0.15, -0.1) is 54.1 Å². The third-order valence-electron chi connectivity index (χ3n) is 12.0. The molecular formula is C57H59FIrN4OSi-2. The molecule has 4 heterocycles. The molecule has 9 rings (SSSR count). The zero-order valence-corrected chi connectivity index (χ0v) is 43.0. The normalized spacial score (nSPS) is 12.4. The summed E-state index contributed by atoms with van der Waals surface area (Å²) >= 11 is 0. The minimum atomic E-state index is -1.50. The van der Waals surface area contributed by atoms with Crippen molar-refractivity contribution in [1.82, 2.24) is 19.5 Å². The maximum Gasteiger partial charge on any atom is 0.216 e. The summed E-state index contributed by atoms with van der Waals surface area (Å²) < 4.78 is 30.9. The molecular weight excluding hydrogens is 996 g/mol. The van der Waals surface area contributed by atoms with Gasteiger partial charge in [0.15, 0.2) is 0 Å². The number of fused-ring (bicyclic) bond motifs is 4. The Morgan fingerprint density at radius 2 is 1.40 bits per heavy atom. The molecule has 0 spiro atoms. The Labute approximate surface area is 400 Å². The first-order chi connectivity index (χ1) is 30.7. The second-order valence-electron chi connectivity index (χ2n) is 19.7. The van der Waals surface area contributed by atoms with Crippen molar-refractivity contribution in [3.05, 3.63) is 162 Å². The monoisotopic (exact) mass is 1060 g/mol. The van der Waals surface area contributed by atoms with E-state index in [4.69, 9.17) is 15.8 Å². The maximum atomic E-state index is 13.6. The van der Waals surface area contributed by atoms with Crippen LogP contribution >= 0.6 is 0 Å². The molecule has 9 aromatic rings. The first-order valence-electron chi connectivity index (χ1n) is 22.8. The molecule has 0 atom stereocenters. The molecule has 0 aliphatic heterocycles. The summed E-state index contributed by atoms with van der Waals surface area (Å²) in [5.41, 5.74) is 13.6. The molecule has 4 aromatic heterocycles. The third-order valence-corrected chi connectivity index (χ3v) is 14.0. The molecule has 0 aliphatic rings. The average Bonchev–Trinajstić information content (AvgIpc) is 3.84. The maximum absolute atomic E-state index is 13.6. The largest absolute Gasteiger partial charge is 0.486 e. The number of pyridine rings is 2. The van der Waals surface area contributed by atoms with Crippen LogP contribution in [0.4, 0.5) is 4.39 Å². The van der Waals surface area contributed by atoms with Gasteiger partial charge in [0.25, 0.3) is 0 Å². The van der Waals surface area contributed by atoms with Gasteiger partial charge in [-0.1, -0.05) is 129 Å². The molecule has 0 fully saturated rings. The van der Waals surface area contributed by atoms with Gasteiger partial charge < -0.3 is 14.0 Å². The molecule has 0 saturated carbocycles. The van der Waals surface area contributed by atoms with E-state index in [-0.39, 0.29) is 43.2 Å². The Morgan fingerprint density at radius 1 is 0.723 bits per heavy atom. The summed E-state index contributed by atoms with van der Waals surface area (Å²) in [4.78, 5) is 14.7. The van der Waals surface area contributed by atoms with Crippen LogP contribution in [0.15, 0.2) is 126 Å². The summed E-state index contributed by atoms with van der Waals surface area (Å²) in [7, 11) is -1.50. The number of halogens is 1. The molecule has 0 amide bonds. The second kappa shape index (κ2) is 18.8. The molecule has 65 heavy (non-hydrogen) atoms. The van der Waals surface area contributed by atoms with Gasteiger partial charge in [0.05, 0.1) is 36.2 Å². The second-order valence-corrected chi connectivity index (χ2v) is 24.8. The molecule has 5 aromatic carbocycles. The van der Waals surface area contributed by atoms with Gasteiger partial charge >= 0.3 is 0 Å². The molecule has 335 valence electrons. The first-order valence-corrected chi connectivity index (χ1v) is 25.8. The van der Waals surface area contributed by atoms with E-state index in [1.165, 1.54) is 39.7 Å². The van der Waals surface area contributed by atoms with Gasteiger partial charge in [-0.25, -0.2) is 9.37 Å². The van der Waals surface area contributed by atoms with Gasteiger partial charge in [-0.2, -0.15) is 0 Å². The Balaban J connectivity index is 0.000000260. The SMILES string of the molecule is CC(C)c1cc(C(C)(C)C)cc(C(C)C)c1-n1c(-c2[c-]ccc3c2oc2nc(-c4ccc(F)cc4)ccc23)nc2ccccc21.[2H]C(C)(C)c1cc(-c2[c-]cccc2)ncc1[Si](C)(C)C.[Ir]. The fourth-order valence-corrected chi connectivity index (χ4v) is 9.99. The van der Waals surface area contributed by atoms with Gasteiger partial charge in [0.2, 0.25) is 5.71 Å². The van der Waals surface area contributed by atoms with E-state index >= 15 is 0 Å². The number of furan rings is 1. The Kier molecular flexibility index (Phi) is 13.3. The van der Waals surface area contributed by atoms with Crippen LogP contribution in [-0.2, 0) is 25.5 Å². The first kappa shape index (κ1) is 46.0. The molecule has 0 N–H and O–H groups in total. The molecule has 0 unspecified atom stereocenters. The van der Waals surface area contributed by atoms with Gasteiger partial charge in [0, 0.05) is 44.3 Å². The zero-order valence-electron chi connectivity index (χ0n) is 40.6. The fourth-order valence-electron chi connectivity index (χ4n) is 8.41. The molecule has 0 aliphatic carbocycles. The van der Waals surface area contributed by atoms with Crippen LogP contribution in [0.1, 0.15) is 104 Å². The van der Waals surface area contributed by atoms with Gasteiger partial charge in [0.1, 0.15) is 5.82 Å². The van der Waals surface area contributed by atoms with Gasteiger partial charge in [-0.05, 0) is 99.2 Å². The molecule has 8 heteroatoms. The van der Waals surface area contributed by atoms with E-state index < -0.39 is 14.0 Å². The van der Waals surface area contributed by atoms with Crippen molar-refractivity contribution in [2.75, 3.05) is 0 Å². The fraction of sp³-hybridized carbons (Fsp3) is 0.281. The van der Waals surface area contributed by atoms with Crippen molar-refractivity contribution in [2.45, 2.75) is 105 Å². The van der Waals surface area contributed by atoms with Crippen LogP contribution in [0.5, 0.6) is 0 Å². The molecule has 0 saturated heterocycles. The van der Waals surface area contributed by atoms with Crippen LogP contribution in [0.2, 0.25) is 19.6 Å². The van der Waals surface area contributed by atoms with Gasteiger partial charge in [-0.3, -0.25) is 4.98 Å². The Bertz CT molecular complexity index is 3140. The summed E-state index contributed by atoms with van der Waals surface area (Å²) in [6, 6.07) is 44.0. The third kappa shape index (κ3) is 9.58. The zero-order chi connectivity index (χ0) is 46.6. The number of hydrogen-bond donors (Lipinski definition) is 0. The number of hydrogen-bond acceptors (Lipinski definition) is 4. The number of para-hydroxylation sites is 2. The van der Waals surface area contributed by atoms with Crippen LogP contribution < -0.4 is 5.19 Å². The van der Waals surface area contributed by atoms with Crippen LogP contribution in [0.25, 0.3) is 72.7 Å². The Hall–Kier alpha value is -5.53. The van der Waals surface area contributed by atoms with E-state index in [9.17, 15) is 4.39 Å². The van der Waals surface area contributed by atoms with Crippen molar-refractivity contribution in [3.8, 4) is 39.6 Å². The van der Waals surface area contributed by atoms with E-state index in [1.807, 2.05) is 74.6 Å². The summed E-state index contributed by atoms with van der Waals surface area (Å²) in [5.74, 6) is 0.470. The van der Waals surface area contributed by atoms with Crippen molar-refractivity contribution >= 4 is 46.4 Å². The van der Waals surface area contributed by atoms with E-state index in [1.54, 1.807) is 12.1 Å². The van der Waals surface area contributed by atoms with Crippen LogP contribution in [0.3, 0.4) is 0 Å². The van der Waals surface area contributed by atoms with Crippen molar-refractivity contribution in [2.24, 2.45) is 0 Å². The number of benzene rings is 5. The summed E-state index contributed by atoms with van der Waals surface area (Å²) in [6.45, 7) is 26.7. The number of imidazole rings is 1. The van der Waals surface area contributed by atoms with E-state index in [0.717, 1.165) is 61.3 Å². The molecule has 0 bridgehead atoms. The minimum absolute atomic E-state index is 0. The standard InChI is InChI=1S/C40H37FN3O.C17H22NSi.Ir/c1-23(2)31-21-26(40(5,6)7)22-32(24(3)4)36(31)44-35-14-9-8-13-34(35)42-38(44)30-12-10-11-28-29-19-20-33(43-39(29)45-37(28)30)25-15-17-27(41)18-16-25;1-13(2)15-11-16(14-9-7-6-8-10-14)18-12-17(15)19(3,4)5;/h8-11,13-24H,1-7H3;6-9,11-13H,1-5H3;/q2*-1;/i;13D;. The quantitative estimate of drug-likeness (QED) is 0.112. The Morgan fingerprint density at radius 3 is 2.02 bits per heavy atom. The van der Waals surface area contributed by atoms with Crippen LogP contribution in [0, 0.1) is 17.9 Å². The number of aromatic nitrogens is 4. The predicted molar refractivity (Wildman–Crippen MR) is 268 cm³/mol. The average molecular weight is 1060 g/mol. The minimum Gasteiger partial charge on any atom is -0.486 e. The van der Waals surface area contributed by atoms with E-state index in [0.29, 0.717) is 11.3 Å². The van der Waals surface area contributed by atoms with Crippen LogP contribution in [-0.4, -0.2) is 27.6 Å². The molecule has 5 nitrogen and oxygen atoms in total. The number of rotatable bonds is 8. The number of nitrogens with zero attached hydrogens (tertiary/aromatic N) is 4. The summed E-state index contributed by atoms with van der Waals surface area (Å²) in [5, 5.41) is 3.14. The smallest absolute Gasteiger partial charge is 0.216 e. The molecule has 1 radical (unpaired) electrons. The predicted octanol–water partition coefficient (Wildman–Crippen LogP) is 15.4. The topological polar surface area (TPSA) is 56.7 Å². The van der Waals surface area contributed by atoms with Crippen molar-refractivity contribution in [1.29, 1.82) is 0 Å².